The standard InChI is InChI=1S/C7H9F3N2O4S/c1-5-2-6(11-16-5)3-17(13,14)12-15-4-7(8,9)10/h2,12H,3-4H2,1H3. The molecule has 98 valence electrons. The van der Waals surface area contributed by atoms with Crippen LogP contribution in [-0.4, -0.2) is 26.4 Å². The Balaban J connectivity index is 2.47. The summed E-state index contributed by atoms with van der Waals surface area (Å²) in [7, 11) is -4.04. The first-order valence-corrected chi connectivity index (χ1v) is 5.93. The van der Waals surface area contributed by atoms with E-state index in [1.807, 2.05) is 0 Å². The van der Waals surface area contributed by atoms with Crippen molar-refractivity contribution in [1.29, 1.82) is 0 Å². The van der Waals surface area contributed by atoms with Crippen molar-refractivity contribution in [2.45, 2.75) is 18.9 Å². The molecule has 1 N–H and O–H groups in total. The number of sulfonamides is 1. The molecule has 0 aliphatic rings. The third-order valence-electron chi connectivity index (χ3n) is 1.44. The molecule has 0 spiro atoms. The van der Waals surface area contributed by atoms with Crippen LogP contribution in [-0.2, 0) is 20.6 Å². The Morgan fingerprint density at radius 2 is 2.18 bits per heavy atom. The second kappa shape index (κ2) is 5.02. The molecule has 1 aromatic heterocycles. The van der Waals surface area contributed by atoms with E-state index in [9.17, 15) is 21.6 Å². The maximum Gasteiger partial charge on any atom is 0.413 e. The molecule has 6 nitrogen and oxygen atoms in total. The maximum absolute atomic E-state index is 11.7. The number of nitrogens with zero attached hydrogens (tertiary/aromatic N) is 1. The summed E-state index contributed by atoms with van der Waals surface area (Å²) in [6, 6.07) is 1.35. The van der Waals surface area contributed by atoms with E-state index in [0.29, 0.717) is 5.76 Å². The minimum atomic E-state index is -4.60. The van der Waals surface area contributed by atoms with Gasteiger partial charge in [0.2, 0.25) is 10.0 Å². The molecule has 1 rings (SSSR count). The first kappa shape index (κ1) is 13.9. The van der Waals surface area contributed by atoms with Gasteiger partial charge in [0.25, 0.3) is 0 Å². The summed E-state index contributed by atoms with van der Waals surface area (Å²) >= 11 is 0. The van der Waals surface area contributed by atoms with Gasteiger partial charge in [-0.05, 0) is 6.92 Å². The zero-order chi connectivity index (χ0) is 13.1. The van der Waals surface area contributed by atoms with Crippen LogP contribution in [0.1, 0.15) is 11.5 Å². The number of hydrogen-bond donors (Lipinski definition) is 1. The highest BCUT2D eigenvalue weighted by Gasteiger charge is 2.29. The van der Waals surface area contributed by atoms with Crippen molar-refractivity contribution in [3.05, 3.63) is 17.5 Å². The predicted molar refractivity (Wildman–Crippen MR) is 49.0 cm³/mol. The van der Waals surface area contributed by atoms with Crippen LogP contribution >= 0.6 is 0 Å². The van der Waals surface area contributed by atoms with E-state index in [-0.39, 0.29) is 5.69 Å². The third kappa shape index (κ3) is 5.65. The second-order valence-corrected chi connectivity index (χ2v) is 4.86. The van der Waals surface area contributed by atoms with E-state index in [4.69, 9.17) is 0 Å². The van der Waals surface area contributed by atoms with Crippen molar-refractivity contribution in [1.82, 2.24) is 10.0 Å². The monoisotopic (exact) mass is 274 g/mol. The van der Waals surface area contributed by atoms with E-state index >= 15 is 0 Å². The molecule has 1 aromatic rings. The molecule has 0 aromatic carbocycles. The van der Waals surface area contributed by atoms with Gasteiger partial charge >= 0.3 is 6.18 Å². The highest BCUT2D eigenvalue weighted by atomic mass is 32.2. The van der Waals surface area contributed by atoms with Crippen LogP contribution in [0.2, 0.25) is 0 Å². The molecular formula is C7H9F3N2O4S. The number of aryl methyl sites for hydroxylation is 1. The van der Waals surface area contributed by atoms with Crippen molar-refractivity contribution >= 4 is 10.0 Å². The van der Waals surface area contributed by atoms with E-state index in [1.165, 1.54) is 11.0 Å². The Morgan fingerprint density at radius 3 is 2.65 bits per heavy atom. The van der Waals surface area contributed by atoms with Gasteiger partial charge in [-0.25, -0.2) is 8.42 Å². The van der Waals surface area contributed by atoms with Crippen molar-refractivity contribution in [2.75, 3.05) is 6.61 Å². The summed E-state index contributed by atoms with van der Waals surface area (Å²) in [6.07, 6.45) is -4.60. The van der Waals surface area contributed by atoms with Crippen LogP contribution in [0.15, 0.2) is 10.6 Å². The van der Waals surface area contributed by atoms with E-state index in [2.05, 4.69) is 14.5 Å². The fraction of sp³-hybridized carbons (Fsp3) is 0.571. The summed E-state index contributed by atoms with van der Waals surface area (Å²) in [4.78, 5) is 5.16. The molecule has 0 radical (unpaired) electrons. The smallest absolute Gasteiger partial charge is 0.361 e. The highest BCUT2D eigenvalue weighted by molar-refractivity contribution is 7.88. The van der Waals surface area contributed by atoms with E-state index in [0.717, 1.165) is 0 Å². The number of rotatable bonds is 5. The molecule has 0 saturated carbocycles. The van der Waals surface area contributed by atoms with E-state index < -0.39 is 28.6 Å². The van der Waals surface area contributed by atoms with Crippen LogP contribution in [0.25, 0.3) is 0 Å². The molecule has 0 aliphatic heterocycles. The lowest BCUT2D eigenvalue weighted by Gasteiger charge is -2.07. The van der Waals surface area contributed by atoms with Gasteiger partial charge in [-0.2, -0.15) is 13.2 Å². The topological polar surface area (TPSA) is 81.4 Å². The van der Waals surface area contributed by atoms with Crippen LogP contribution < -0.4 is 4.89 Å². The average Bonchev–Trinajstić information content (AvgIpc) is 2.47. The van der Waals surface area contributed by atoms with Crippen molar-refractivity contribution in [3.63, 3.8) is 0 Å². The Bertz CT molecular complexity index is 468. The zero-order valence-electron chi connectivity index (χ0n) is 8.61. The van der Waals surface area contributed by atoms with E-state index in [1.54, 1.807) is 6.92 Å². The number of hydrogen-bond acceptors (Lipinski definition) is 5. The fourth-order valence-electron chi connectivity index (χ4n) is 0.911. The molecule has 0 saturated heterocycles. The lowest BCUT2D eigenvalue weighted by atomic mass is 10.4. The number of halogens is 3. The van der Waals surface area contributed by atoms with Crippen LogP contribution in [0.5, 0.6) is 0 Å². The fourth-order valence-corrected chi connectivity index (χ4v) is 1.73. The SMILES string of the molecule is Cc1cc(CS(=O)(=O)NOCC(F)(F)F)no1. The number of aromatic nitrogens is 1. The zero-order valence-corrected chi connectivity index (χ0v) is 9.43. The Morgan fingerprint density at radius 1 is 1.53 bits per heavy atom. The van der Waals surface area contributed by atoms with Gasteiger partial charge in [0.05, 0.1) is 0 Å². The maximum atomic E-state index is 11.7. The van der Waals surface area contributed by atoms with Gasteiger partial charge in [-0.1, -0.05) is 10.0 Å². The van der Waals surface area contributed by atoms with Gasteiger partial charge in [0.1, 0.15) is 17.2 Å². The first-order chi connectivity index (χ1) is 7.68. The van der Waals surface area contributed by atoms with Crippen LogP contribution in [0, 0.1) is 6.92 Å². The lowest BCUT2D eigenvalue weighted by molar-refractivity contribution is -0.181. The summed E-state index contributed by atoms with van der Waals surface area (Å²) in [5.41, 5.74) is 0.0746. The van der Waals surface area contributed by atoms with Crippen molar-refractivity contribution in [2.24, 2.45) is 0 Å². The van der Waals surface area contributed by atoms with Crippen LogP contribution in [0.3, 0.4) is 0 Å². The lowest BCUT2D eigenvalue weighted by Crippen LogP contribution is -2.30. The van der Waals surface area contributed by atoms with Crippen molar-refractivity contribution < 1.29 is 30.9 Å². The molecule has 0 atom stereocenters. The first-order valence-electron chi connectivity index (χ1n) is 4.28. The van der Waals surface area contributed by atoms with Gasteiger partial charge in [0.15, 0.2) is 6.61 Å². The second-order valence-electron chi connectivity index (χ2n) is 3.18. The van der Waals surface area contributed by atoms with Crippen LogP contribution in [0.4, 0.5) is 13.2 Å². The molecule has 0 unspecified atom stereocenters. The summed E-state index contributed by atoms with van der Waals surface area (Å²) < 4.78 is 62.0. The third-order valence-corrected chi connectivity index (χ3v) is 2.48. The molecule has 1 heterocycles. The molecule has 0 aliphatic carbocycles. The molecule has 0 amide bonds. The minimum absolute atomic E-state index is 0.0746. The normalized spacial score (nSPS) is 12.9. The molecular weight excluding hydrogens is 265 g/mol. The molecule has 0 fully saturated rings. The highest BCUT2D eigenvalue weighted by Crippen LogP contribution is 2.14. The average molecular weight is 274 g/mol. The number of nitrogens with one attached hydrogen (secondary N) is 1. The molecule has 17 heavy (non-hydrogen) atoms. The quantitative estimate of drug-likeness (QED) is 0.807. The van der Waals surface area contributed by atoms with Gasteiger partial charge in [-0.15, -0.1) is 0 Å². The summed E-state index contributed by atoms with van der Waals surface area (Å²) in [6.45, 7) is -0.152. The Hall–Kier alpha value is -1.13. The Labute approximate surface area is 94.7 Å². The Kier molecular flexibility index (Phi) is 4.11. The predicted octanol–water partition coefficient (Wildman–Crippen LogP) is 0.896. The largest absolute Gasteiger partial charge is 0.413 e. The molecule has 0 bridgehead atoms. The minimum Gasteiger partial charge on any atom is -0.361 e. The van der Waals surface area contributed by atoms with Gasteiger partial charge in [0, 0.05) is 6.07 Å². The summed E-state index contributed by atoms with van der Waals surface area (Å²) in [5, 5.41) is 3.39. The summed E-state index contributed by atoms with van der Waals surface area (Å²) in [5.74, 6) is -0.228. The number of alkyl halides is 3. The van der Waals surface area contributed by atoms with Gasteiger partial charge in [-0.3, -0.25) is 4.84 Å². The van der Waals surface area contributed by atoms with Crippen molar-refractivity contribution in [3.8, 4) is 0 Å². The van der Waals surface area contributed by atoms with Gasteiger partial charge < -0.3 is 4.52 Å². The molecule has 10 heteroatoms.